The van der Waals surface area contributed by atoms with Crippen LogP contribution in [0.1, 0.15) is 36.0 Å². The lowest BCUT2D eigenvalue weighted by atomic mass is 10.3. The molecule has 2 aromatic rings. The smallest absolute Gasteiger partial charge is 0.223 e. The van der Waals surface area contributed by atoms with Crippen LogP contribution in [0.3, 0.4) is 0 Å². The summed E-state index contributed by atoms with van der Waals surface area (Å²) in [5, 5.41) is 19.3. The molecule has 0 bridgehead atoms. The van der Waals surface area contributed by atoms with Crippen LogP contribution in [0.4, 0.5) is 5.95 Å². The zero-order chi connectivity index (χ0) is 13.8. The number of aromatic amines is 1. The van der Waals surface area contributed by atoms with Gasteiger partial charge in [0, 0.05) is 11.4 Å². The standard InChI is InChI=1S/C12H18N6O/c1-4-9-5-7(2)13-12(15-9)16-10(6-19)11-14-8(3)17-18-11/h5,10,19H,4,6H2,1-3H3,(H,13,15,16)(H,14,17,18)/t10-/m1/s1. The summed E-state index contributed by atoms with van der Waals surface area (Å²) < 4.78 is 0. The minimum Gasteiger partial charge on any atom is -0.394 e. The third-order valence-corrected chi connectivity index (χ3v) is 2.68. The molecule has 7 nitrogen and oxygen atoms in total. The summed E-state index contributed by atoms with van der Waals surface area (Å²) >= 11 is 0. The fourth-order valence-corrected chi connectivity index (χ4v) is 1.74. The highest BCUT2D eigenvalue weighted by molar-refractivity contribution is 5.30. The average molecular weight is 262 g/mol. The minimum atomic E-state index is -0.420. The van der Waals surface area contributed by atoms with Crippen molar-refractivity contribution in [2.75, 3.05) is 11.9 Å². The van der Waals surface area contributed by atoms with Crippen molar-refractivity contribution in [3.05, 3.63) is 29.1 Å². The van der Waals surface area contributed by atoms with Gasteiger partial charge < -0.3 is 10.4 Å². The van der Waals surface area contributed by atoms with Crippen LogP contribution in [-0.4, -0.2) is 36.9 Å². The highest BCUT2D eigenvalue weighted by Crippen LogP contribution is 2.14. The van der Waals surface area contributed by atoms with E-state index in [9.17, 15) is 5.11 Å². The number of aromatic nitrogens is 5. The van der Waals surface area contributed by atoms with Crippen LogP contribution < -0.4 is 5.32 Å². The number of nitrogens with one attached hydrogen (secondary N) is 2. The van der Waals surface area contributed by atoms with E-state index in [1.807, 2.05) is 26.8 Å². The van der Waals surface area contributed by atoms with Gasteiger partial charge in [-0.2, -0.15) is 5.10 Å². The summed E-state index contributed by atoms with van der Waals surface area (Å²) in [4.78, 5) is 12.9. The second kappa shape index (κ2) is 5.75. The van der Waals surface area contributed by atoms with Crippen molar-refractivity contribution in [1.29, 1.82) is 0 Å². The molecule has 0 unspecified atom stereocenters. The number of anilines is 1. The van der Waals surface area contributed by atoms with Gasteiger partial charge in [0.2, 0.25) is 5.95 Å². The van der Waals surface area contributed by atoms with Gasteiger partial charge in [0.25, 0.3) is 0 Å². The summed E-state index contributed by atoms with van der Waals surface area (Å²) in [7, 11) is 0. The maximum absolute atomic E-state index is 9.43. The molecule has 0 saturated heterocycles. The minimum absolute atomic E-state index is 0.129. The molecule has 2 aromatic heterocycles. The van der Waals surface area contributed by atoms with Crippen LogP contribution in [0.5, 0.6) is 0 Å². The maximum Gasteiger partial charge on any atom is 0.223 e. The number of aliphatic hydroxyl groups excluding tert-OH is 1. The molecule has 0 aromatic carbocycles. The van der Waals surface area contributed by atoms with Crippen molar-refractivity contribution in [2.45, 2.75) is 33.2 Å². The number of aryl methyl sites for hydroxylation is 3. The predicted molar refractivity (Wildman–Crippen MR) is 70.7 cm³/mol. The van der Waals surface area contributed by atoms with Crippen molar-refractivity contribution < 1.29 is 5.11 Å². The predicted octanol–water partition coefficient (Wildman–Crippen LogP) is 0.919. The lowest BCUT2D eigenvalue weighted by molar-refractivity contribution is 0.272. The summed E-state index contributed by atoms with van der Waals surface area (Å²) in [5.41, 5.74) is 1.84. The molecular formula is C12H18N6O. The van der Waals surface area contributed by atoms with Gasteiger partial charge >= 0.3 is 0 Å². The molecule has 0 saturated carbocycles. The fraction of sp³-hybridized carbons (Fsp3) is 0.500. The Morgan fingerprint density at radius 2 is 2.11 bits per heavy atom. The van der Waals surface area contributed by atoms with Crippen molar-refractivity contribution in [2.24, 2.45) is 0 Å². The van der Waals surface area contributed by atoms with E-state index < -0.39 is 6.04 Å². The molecule has 0 spiro atoms. The Kier molecular flexibility index (Phi) is 4.06. The molecule has 102 valence electrons. The van der Waals surface area contributed by atoms with Crippen LogP contribution in [0.2, 0.25) is 0 Å². The molecule has 1 atom stereocenters. The van der Waals surface area contributed by atoms with Crippen molar-refractivity contribution in [3.8, 4) is 0 Å². The van der Waals surface area contributed by atoms with Crippen molar-refractivity contribution in [3.63, 3.8) is 0 Å². The van der Waals surface area contributed by atoms with E-state index in [0.29, 0.717) is 17.6 Å². The Morgan fingerprint density at radius 1 is 1.32 bits per heavy atom. The summed E-state index contributed by atoms with van der Waals surface area (Å²) in [6.45, 7) is 5.63. The number of nitrogens with zero attached hydrogens (tertiary/aromatic N) is 4. The first-order valence-corrected chi connectivity index (χ1v) is 6.23. The fourth-order valence-electron chi connectivity index (χ4n) is 1.74. The number of aliphatic hydroxyl groups is 1. The highest BCUT2D eigenvalue weighted by Gasteiger charge is 2.16. The zero-order valence-corrected chi connectivity index (χ0v) is 11.3. The zero-order valence-electron chi connectivity index (χ0n) is 11.3. The lowest BCUT2D eigenvalue weighted by Gasteiger charge is -2.13. The van der Waals surface area contributed by atoms with Gasteiger partial charge in [-0.05, 0) is 26.3 Å². The first-order chi connectivity index (χ1) is 9.12. The largest absolute Gasteiger partial charge is 0.394 e. The Labute approximate surface area is 111 Å². The molecule has 0 aliphatic carbocycles. The van der Waals surface area contributed by atoms with E-state index in [4.69, 9.17) is 0 Å². The van der Waals surface area contributed by atoms with Crippen LogP contribution in [0.15, 0.2) is 6.07 Å². The first-order valence-electron chi connectivity index (χ1n) is 6.23. The molecule has 0 fully saturated rings. The summed E-state index contributed by atoms with van der Waals surface area (Å²) in [6, 6.07) is 1.52. The quantitative estimate of drug-likeness (QED) is 0.741. The van der Waals surface area contributed by atoms with E-state index in [-0.39, 0.29) is 6.61 Å². The van der Waals surface area contributed by atoms with Crippen LogP contribution in [0, 0.1) is 13.8 Å². The second-order valence-electron chi connectivity index (χ2n) is 4.34. The number of hydrogen-bond donors (Lipinski definition) is 3. The van der Waals surface area contributed by atoms with Gasteiger partial charge in [0.05, 0.1) is 6.61 Å². The van der Waals surface area contributed by atoms with Gasteiger partial charge in [-0.3, -0.25) is 5.10 Å². The van der Waals surface area contributed by atoms with Gasteiger partial charge in [0.15, 0.2) is 5.82 Å². The van der Waals surface area contributed by atoms with Crippen LogP contribution in [-0.2, 0) is 6.42 Å². The van der Waals surface area contributed by atoms with Crippen LogP contribution >= 0.6 is 0 Å². The number of H-pyrrole nitrogens is 1. The van der Waals surface area contributed by atoms with Crippen molar-refractivity contribution >= 4 is 5.95 Å². The number of rotatable bonds is 5. The third kappa shape index (κ3) is 3.25. The Bertz CT molecular complexity index is 553. The molecule has 19 heavy (non-hydrogen) atoms. The molecule has 0 radical (unpaired) electrons. The molecular weight excluding hydrogens is 244 g/mol. The molecule has 0 aliphatic rings. The normalized spacial score (nSPS) is 12.4. The van der Waals surface area contributed by atoms with E-state index in [0.717, 1.165) is 17.8 Å². The van der Waals surface area contributed by atoms with Gasteiger partial charge in [-0.1, -0.05) is 6.92 Å². The van der Waals surface area contributed by atoms with Gasteiger partial charge in [-0.15, -0.1) is 0 Å². The average Bonchev–Trinajstić information content (AvgIpc) is 2.81. The molecule has 0 amide bonds. The summed E-state index contributed by atoms with van der Waals surface area (Å²) in [6.07, 6.45) is 0.835. The topological polar surface area (TPSA) is 99.6 Å². The molecule has 2 rings (SSSR count). The molecule has 7 heteroatoms. The maximum atomic E-state index is 9.43. The second-order valence-corrected chi connectivity index (χ2v) is 4.34. The Balaban J connectivity index is 2.20. The van der Waals surface area contributed by atoms with Crippen molar-refractivity contribution in [1.82, 2.24) is 25.1 Å². The van der Waals surface area contributed by atoms with Gasteiger partial charge in [-0.25, -0.2) is 15.0 Å². The van der Waals surface area contributed by atoms with E-state index in [1.54, 1.807) is 0 Å². The SMILES string of the molecule is CCc1cc(C)nc(N[C@H](CO)c2n[nH]c(C)n2)n1. The van der Waals surface area contributed by atoms with E-state index in [2.05, 4.69) is 30.5 Å². The molecule has 0 aliphatic heterocycles. The lowest BCUT2D eigenvalue weighted by Crippen LogP contribution is -2.18. The van der Waals surface area contributed by atoms with E-state index >= 15 is 0 Å². The highest BCUT2D eigenvalue weighted by atomic mass is 16.3. The van der Waals surface area contributed by atoms with Gasteiger partial charge in [0.1, 0.15) is 11.9 Å². The monoisotopic (exact) mass is 262 g/mol. The Hall–Kier alpha value is -2.02. The molecule has 2 heterocycles. The number of hydrogen-bond acceptors (Lipinski definition) is 6. The first kappa shape index (κ1) is 13.4. The summed E-state index contributed by atoms with van der Waals surface area (Å²) in [5.74, 6) is 1.69. The molecule has 3 N–H and O–H groups in total. The third-order valence-electron chi connectivity index (χ3n) is 2.68. The van der Waals surface area contributed by atoms with Crippen LogP contribution in [0.25, 0.3) is 0 Å². The van der Waals surface area contributed by atoms with E-state index in [1.165, 1.54) is 0 Å². The Morgan fingerprint density at radius 3 is 2.68 bits per heavy atom.